The fraction of sp³-hybridized carbons (Fsp3) is 0.227. The maximum atomic E-state index is 15.5. The lowest BCUT2D eigenvalue weighted by atomic mass is 9.91. The highest BCUT2D eigenvalue weighted by Gasteiger charge is 2.45. The zero-order chi connectivity index (χ0) is 23.0. The number of anilines is 1. The molecule has 1 aliphatic rings. The lowest BCUT2D eigenvalue weighted by molar-refractivity contribution is -0.137. The van der Waals surface area contributed by atoms with Crippen LogP contribution >= 0.6 is 0 Å². The molecule has 162 valence electrons. The topological polar surface area (TPSA) is 82.3 Å². The molecule has 0 saturated carbocycles. The lowest BCUT2D eigenvalue weighted by Gasteiger charge is -2.36. The number of rotatable bonds is 1. The number of fused-ring (bicyclic) bond motifs is 4. The normalized spacial score (nSPS) is 14.6. The van der Waals surface area contributed by atoms with Gasteiger partial charge in [0.15, 0.2) is 5.82 Å². The molecule has 2 N–H and O–H groups in total. The van der Waals surface area contributed by atoms with Crippen molar-refractivity contribution >= 4 is 16.6 Å². The van der Waals surface area contributed by atoms with Crippen molar-refractivity contribution in [1.82, 2.24) is 19.7 Å². The van der Waals surface area contributed by atoms with E-state index in [4.69, 9.17) is 0 Å². The standard InChI is InChI=1S/C22H16F4N6/c1-10-30-31-20-21(2,3)29-15-7-14(23)16(17(22(24,25)26)19(15)32(10)20)13-6-4-5-12-11(8-27)9-28-18(12)13/h4-7,9,28-29H,1-3H3. The number of H-pyrrole nitrogens is 1. The smallest absolute Gasteiger partial charge is 0.371 e. The summed E-state index contributed by atoms with van der Waals surface area (Å²) in [6.07, 6.45) is -3.50. The van der Waals surface area contributed by atoms with Gasteiger partial charge in [-0.05, 0) is 26.8 Å². The quantitative estimate of drug-likeness (QED) is 0.388. The van der Waals surface area contributed by atoms with E-state index in [1.165, 1.54) is 22.9 Å². The van der Waals surface area contributed by atoms with Crippen LogP contribution < -0.4 is 5.32 Å². The minimum Gasteiger partial charge on any atom is -0.371 e. The van der Waals surface area contributed by atoms with E-state index < -0.39 is 28.7 Å². The predicted molar refractivity (Wildman–Crippen MR) is 110 cm³/mol. The molecule has 5 rings (SSSR count). The van der Waals surface area contributed by atoms with Crippen molar-refractivity contribution < 1.29 is 17.6 Å². The molecule has 0 atom stereocenters. The maximum Gasteiger partial charge on any atom is 0.419 e. The number of aryl methyl sites for hydroxylation is 1. The summed E-state index contributed by atoms with van der Waals surface area (Å²) >= 11 is 0. The van der Waals surface area contributed by atoms with Gasteiger partial charge in [-0.15, -0.1) is 10.2 Å². The van der Waals surface area contributed by atoms with Crippen molar-refractivity contribution in [1.29, 1.82) is 5.26 Å². The molecule has 0 unspecified atom stereocenters. The molecule has 1 aliphatic heterocycles. The third-order valence-corrected chi connectivity index (χ3v) is 5.70. The van der Waals surface area contributed by atoms with Crippen molar-refractivity contribution in [3.05, 3.63) is 59.1 Å². The van der Waals surface area contributed by atoms with Gasteiger partial charge in [-0.2, -0.15) is 18.4 Å². The van der Waals surface area contributed by atoms with E-state index in [1.54, 1.807) is 26.8 Å². The Hall–Kier alpha value is -3.87. The summed E-state index contributed by atoms with van der Waals surface area (Å²) in [5, 5.41) is 20.7. The average molecular weight is 440 g/mol. The van der Waals surface area contributed by atoms with Gasteiger partial charge in [0.2, 0.25) is 0 Å². The molecule has 0 spiro atoms. The summed E-state index contributed by atoms with van der Waals surface area (Å²) in [7, 11) is 0. The molecule has 2 aromatic heterocycles. The van der Waals surface area contributed by atoms with Crippen LogP contribution in [0.15, 0.2) is 30.5 Å². The molecule has 10 heteroatoms. The highest BCUT2D eigenvalue weighted by Crippen LogP contribution is 2.49. The first kappa shape index (κ1) is 20.1. The molecule has 0 bridgehead atoms. The SMILES string of the molecule is Cc1nnc2n1-c1c(cc(F)c(-c3cccc4c(C#N)c[nH]c34)c1C(F)(F)F)NC2(C)C. The minimum atomic E-state index is -4.90. The van der Waals surface area contributed by atoms with Crippen LogP contribution in [0.25, 0.3) is 27.7 Å². The van der Waals surface area contributed by atoms with Gasteiger partial charge >= 0.3 is 6.18 Å². The molecule has 0 aliphatic carbocycles. The number of nitriles is 1. The van der Waals surface area contributed by atoms with Crippen LogP contribution in [-0.4, -0.2) is 19.7 Å². The van der Waals surface area contributed by atoms with E-state index in [0.29, 0.717) is 5.39 Å². The third kappa shape index (κ3) is 2.64. The molecule has 32 heavy (non-hydrogen) atoms. The Balaban J connectivity index is 1.95. The van der Waals surface area contributed by atoms with Crippen LogP contribution in [0.4, 0.5) is 23.2 Å². The van der Waals surface area contributed by atoms with Crippen molar-refractivity contribution in [2.75, 3.05) is 5.32 Å². The zero-order valence-corrected chi connectivity index (χ0v) is 17.2. The van der Waals surface area contributed by atoms with Gasteiger partial charge in [-0.1, -0.05) is 18.2 Å². The third-order valence-electron chi connectivity index (χ3n) is 5.70. The number of para-hydroxylation sites is 1. The van der Waals surface area contributed by atoms with E-state index in [-0.39, 0.29) is 39.7 Å². The highest BCUT2D eigenvalue weighted by atomic mass is 19.4. The van der Waals surface area contributed by atoms with Gasteiger partial charge in [0, 0.05) is 22.7 Å². The number of benzene rings is 2. The van der Waals surface area contributed by atoms with Crippen LogP contribution in [-0.2, 0) is 11.7 Å². The molecule has 6 nitrogen and oxygen atoms in total. The van der Waals surface area contributed by atoms with E-state index >= 15 is 4.39 Å². The fourth-order valence-corrected chi connectivity index (χ4v) is 4.39. The first-order chi connectivity index (χ1) is 15.0. The van der Waals surface area contributed by atoms with Crippen LogP contribution in [0.1, 0.15) is 36.6 Å². The second kappa shape index (κ2) is 6.32. The summed E-state index contributed by atoms with van der Waals surface area (Å²) in [6.45, 7) is 5.02. The summed E-state index contributed by atoms with van der Waals surface area (Å²) in [5.74, 6) is -0.492. The molecule has 0 radical (unpaired) electrons. The minimum absolute atomic E-state index is 0.00431. The Bertz CT molecular complexity index is 1450. The van der Waals surface area contributed by atoms with Gasteiger partial charge in [0.25, 0.3) is 0 Å². The summed E-state index contributed by atoms with van der Waals surface area (Å²) in [6, 6.07) is 7.56. The molecule has 3 heterocycles. The van der Waals surface area contributed by atoms with Gasteiger partial charge in [-0.3, -0.25) is 4.57 Å². The van der Waals surface area contributed by atoms with Gasteiger partial charge in [0.1, 0.15) is 17.7 Å². The van der Waals surface area contributed by atoms with Gasteiger partial charge in [-0.25, -0.2) is 4.39 Å². The Labute approximate surface area is 179 Å². The Kier molecular flexibility index (Phi) is 3.96. The van der Waals surface area contributed by atoms with Gasteiger partial charge in [0.05, 0.1) is 33.6 Å². The van der Waals surface area contributed by atoms with Crippen molar-refractivity contribution in [3.8, 4) is 22.9 Å². The second-order valence-electron chi connectivity index (χ2n) is 8.20. The lowest BCUT2D eigenvalue weighted by Crippen LogP contribution is -2.37. The number of nitrogens with one attached hydrogen (secondary N) is 2. The Morgan fingerprint density at radius 3 is 2.62 bits per heavy atom. The Morgan fingerprint density at radius 1 is 1.19 bits per heavy atom. The average Bonchev–Trinajstić information content (AvgIpc) is 3.30. The highest BCUT2D eigenvalue weighted by molar-refractivity contribution is 5.99. The molecular weight excluding hydrogens is 424 g/mol. The number of aromatic amines is 1. The number of halogens is 4. The van der Waals surface area contributed by atoms with Gasteiger partial charge < -0.3 is 10.3 Å². The summed E-state index contributed by atoms with van der Waals surface area (Å²) in [5.41, 5.74) is -2.35. The number of hydrogen-bond donors (Lipinski definition) is 2. The van der Waals surface area contributed by atoms with Crippen LogP contribution in [0, 0.1) is 24.1 Å². The zero-order valence-electron chi connectivity index (χ0n) is 17.2. The summed E-state index contributed by atoms with van der Waals surface area (Å²) < 4.78 is 60.6. The maximum absolute atomic E-state index is 15.5. The van der Waals surface area contributed by atoms with E-state index in [0.717, 1.165) is 6.07 Å². The molecule has 0 saturated heterocycles. The first-order valence-electron chi connectivity index (χ1n) is 9.70. The number of alkyl halides is 3. The van der Waals surface area contributed by atoms with Crippen molar-refractivity contribution in [2.45, 2.75) is 32.5 Å². The molecule has 2 aromatic carbocycles. The van der Waals surface area contributed by atoms with E-state index in [9.17, 15) is 18.4 Å². The first-order valence-corrected chi connectivity index (χ1v) is 9.70. The largest absolute Gasteiger partial charge is 0.419 e. The van der Waals surface area contributed by atoms with Crippen LogP contribution in [0.3, 0.4) is 0 Å². The molecule has 0 amide bonds. The molecular formula is C22H16F4N6. The van der Waals surface area contributed by atoms with Crippen molar-refractivity contribution in [2.24, 2.45) is 0 Å². The van der Waals surface area contributed by atoms with Crippen LogP contribution in [0.5, 0.6) is 0 Å². The Morgan fingerprint density at radius 2 is 1.94 bits per heavy atom. The number of hydrogen-bond acceptors (Lipinski definition) is 4. The summed E-state index contributed by atoms with van der Waals surface area (Å²) in [4.78, 5) is 2.83. The predicted octanol–water partition coefficient (Wildman–Crippen LogP) is 5.41. The second-order valence-corrected chi connectivity index (χ2v) is 8.20. The van der Waals surface area contributed by atoms with E-state index in [1.807, 2.05) is 6.07 Å². The van der Waals surface area contributed by atoms with Crippen molar-refractivity contribution in [3.63, 3.8) is 0 Å². The van der Waals surface area contributed by atoms with E-state index in [2.05, 4.69) is 20.5 Å². The molecule has 0 fully saturated rings. The monoisotopic (exact) mass is 440 g/mol. The molecule has 4 aromatic rings. The number of nitrogens with zero attached hydrogens (tertiary/aromatic N) is 4. The number of aromatic nitrogens is 4. The fourth-order valence-electron chi connectivity index (χ4n) is 4.39. The van der Waals surface area contributed by atoms with Crippen LogP contribution in [0.2, 0.25) is 0 Å².